The monoisotopic (exact) mass is 306 g/mol. The molecule has 0 saturated carbocycles. The molecule has 2 rings (SSSR count). The van der Waals surface area contributed by atoms with Gasteiger partial charge in [-0.1, -0.05) is 12.1 Å². The lowest BCUT2D eigenvalue weighted by molar-refractivity contribution is 0.0140. The van der Waals surface area contributed by atoms with Crippen LogP contribution in [0.3, 0.4) is 0 Å². The minimum absolute atomic E-state index is 0.0259. The van der Waals surface area contributed by atoms with Crippen molar-refractivity contribution in [1.82, 2.24) is 9.80 Å². The van der Waals surface area contributed by atoms with E-state index in [0.29, 0.717) is 26.2 Å². The van der Waals surface area contributed by atoms with Crippen molar-refractivity contribution in [3.8, 4) is 5.75 Å². The summed E-state index contributed by atoms with van der Waals surface area (Å²) in [6.07, 6.45) is -0.359. The summed E-state index contributed by atoms with van der Waals surface area (Å²) >= 11 is 0. The number of para-hydroxylation sites is 1. The second kappa shape index (κ2) is 6.25. The van der Waals surface area contributed by atoms with E-state index in [2.05, 4.69) is 0 Å². The van der Waals surface area contributed by atoms with E-state index in [1.807, 2.05) is 20.8 Å². The largest absolute Gasteiger partial charge is 0.507 e. The van der Waals surface area contributed by atoms with Gasteiger partial charge >= 0.3 is 6.09 Å². The van der Waals surface area contributed by atoms with Gasteiger partial charge in [0.1, 0.15) is 11.4 Å². The maximum absolute atomic E-state index is 12.4. The predicted octanol–water partition coefficient (Wildman–Crippen LogP) is 2.09. The molecule has 2 amide bonds. The van der Waals surface area contributed by atoms with E-state index in [0.717, 1.165) is 0 Å². The third-order valence-electron chi connectivity index (χ3n) is 3.35. The van der Waals surface area contributed by atoms with Gasteiger partial charge < -0.3 is 19.6 Å². The van der Waals surface area contributed by atoms with E-state index in [9.17, 15) is 14.7 Å². The number of benzene rings is 1. The second-order valence-corrected chi connectivity index (χ2v) is 6.28. The number of hydrogen-bond donors (Lipinski definition) is 1. The highest BCUT2D eigenvalue weighted by molar-refractivity contribution is 5.96. The summed E-state index contributed by atoms with van der Waals surface area (Å²) < 4.78 is 5.32. The van der Waals surface area contributed by atoms with Crippen molar-refractivity contribution in [3.63, 3.8) is 0 Å². The molecule has 6 nitrogen and oxygen atoms in total. The highest BCUT2D eigenvalue weighted by atomic mass is 16.6. The van der Waals surface area contributed by atoms with Gasteiger partial charge in [-0.15, -0.1) is 0 Å². The van der Waals surface area contributed by atoms with Gasteiger partial charge in [-0.05, 0) is 32.9 Å². The normalized spacial score (nSPS) is 15.6. The molecule has 0 aromatic heterocycles. The molecule has 1 fully saturated rings. The lowest BCUT2D eigenvalue weighted by Crippen LogP contribution is -2.51. The lowest BCUT2D eigenvalue weighted by atomic mass is 10.1. The molecule has 6 heteroatoms. The van der Waals surface area contributed by atoms with E-state index >= 15 is 0 Å². The first kappa shape index (κ1) is 16.1. The van der Waals surface area contributed by atoms with E-state index in [1.165, 1.54) is 6.07 Å². The summed E-state index contributed by atoms with van der Waals surface area (Å²) in [4.78, 5) is 27.6. The van der Waals surface area contributed by atoms with E-state index in [-0.39, 0.29) is 23.3 Å². The number of phenolic OH excluding ortho intramolecular Hbond substituents is 1. The maximum Gasteiger partial charge on any atom is 0.410 e. The summed E-state index contributed by atoms with van der Waals surface area (Å²) in [5.74, 6) is -0.246. The number of phenols is 1. The Labute approximate surface area is 130 Å². The molecule has 1 saturated heterocycles. The smallest absolute Gasteiger partial charge is 0.410 e. The number of nitrogens with zero attached hydrogens (tertiary/aromatic N) is 2. The van der Waals surface area contributed by atoms with Gasteiger partial charge in [0.2, 0.25) is 0 Å². The van der Waals surface area contributed by atoms with Crippen LogP contribution in [-0.2, 0) is 4.74 Å². The Morgan fingerprint density at radius 1 is 1.05 bits per heavy atom. The fourth-order valence-electron chi connectivity index (χ4n) is 2.24. The van der Waals surface area contributed by atoms with E-state index < -0.39 is 5.60 Å². The third kappa shape index (κ3) is 3.90. The first-order valence-electron chi connectivity index (χ1n) is 7.33. The highest BCUT2D eigenvalue weighted by Crippen LogP contribution is 2.19. The number of piperazine rings is 1. The quantitative estimate of drug-likeness (QED) is 0.862. The van der Waals surface area contributed by atoms with Crippen molar-refractivity contribution in [1.29, 1.82) is 0 Å². The molecule has 120 valence electrons. The minimum atomic E-state index is -0.528. The van der Waals surface area contributed by atoms with Gasteiger partial charge in [0, 0.05) is 26.2 Å². The van der Waals surface area contributed by atoms with Crippen molar-refractivity contribution in [2.24, 2.45) is 0 Å². The van der Waals surface area contributed by atoms with Crippen LogP contribution in [0, 0.1) is 0 Å². The minimum Gasteiger partial charge on any atom is -0.507 e. The molecule has 1 aromatic carbocycles. The van der Waals surface area contributed by atoms with Crippen molar-refractivity contribution in [2.75, 3.05) is 26.2 Å². The second-order valence-electron chi connectivity index (χ2n) is 6.28. The van der Waals surface area contributed by atoms with Crippen molar-refractivity contribution >= 4 is 12.0 Å². The van der Waals surface area contributed by atoms with E-state index in [1.54, 1.807) is 28.0 Å². The van der Waals surface area contributed by atoms with Gasteiger partial charge in [-0.3, -0.25) is 4.79 Å². The van der Waals surface area contributed by atoms with Crippen LogP contribution in [0.1, 0.15) is 31.1 Å². The third-order valence-corrected chi connectivity index (χ3v) is 3.35. The number of carbonyl (C=O) groups is 2. The van der Waals surface area contributed by atoms with Crippen LogP contribution < -0.4 is 0 Å². The average molecular weight is 306 g/mol. The van der Waals surface area contributed by atoms with Crippen molar-refractivity contribution < 1.29 is 19.4 Å². The van der Waals surface area contributed by atoms with Gasteiger partial charge in [0.15, 0.2) is 0 Å². The van der Waals surface area contributed by atoms with Crippen LogP contribution in [-0.4, -0.2) is 58.7 Å². The van der Waals surface area contributed by atoms with Crippen LogP contribution in [0.4, 0.5) is 4.79 Å². The molecule has 1 aromatic rings. The Morgan fingerprint density at radius 2 is 1.59 bits per heavy atom. The van der Waals surface area contributed by atoms with Gasteiger partial charge in [0.25, 0.3) is 5.91 Å². The Balaban J connectivity index is 1.94. The number of amides is 2. The number of rotatable bonds is 1. The molecule has 1 N–H and O–H groups in total. The molecule has 1 aliphatic heterocycles. The lowest BCUT2D eigenvalue weighted by Gasteiger charge is -2.35. The van der Waals surface area contributed by atoms with Crippen LogP contribution in [0.2, 0.25) is 0 Å². The number of hydrogen-bond acceptors (Lipinski definition) is 4. The first-order valence-corrected chi connectivity index (χ1v) is 7.33. The zero-order valence-electron chi connectivity index (χ0n) is 13.2. The number of carbonyl (C=O) groups excluding carboxylic acids is 2. The SMILES string of the molecule is CC(C)(C)OC(=O)N1CCN(C(=O)c2ccccc2O)CC1. The summed E-state index contributed by atoms with van der Waals surface area (Å²) in [5.41, 5.74) is -0.243. The summed E-state index contributed by atoms with van der Waals surface area (Å²) in [6.45, 7) is 7.16. The summed E-state index contributed by atoms with van der Waals surface area (Å²) in [5, 5.41) is 9.75. The fourth-order valence-corrected chi connectivity index (χ4v) is 2.24. The molecule has 1 aliphatic rings. The van der Waals surface area contributed by atoms with Crippen LogP contribution >= 0.6 is 0 Å². The van der Waals surface area contributed by atoms with Crippen LogP contribution in [0.5, 0.6) is 5.75 Å². The van der Waals surface area contributed by atoms with Crippen molar-refractivity contribution in [2.45, 2.75) is 26.4 Å². The molecular weight excluding hydrogens is 284 g/mol. The zero-order chi connectivity index (χ0) is 16.3. The Hall–Kier alpha value is -2.24. The highest BCUT2D eigenvalue weighted by Gasteiger charge is 2.28. The van der Waals surface area contributed by atoms with Gasteiger partial charge in [-0.25, -0.2) is 4.79 Å². The molecule has 0 bridgehead atoms. The molecule has 0 unspecified atom stereocenters. The van der Waals surface area contributed by atoms with Crippen LogP contribution in [0.15, 0.2) is 24.3 Å². The molecule has 22 heavy (non-hydrogen) atoms. The van der Waals surface area contributed by atoms with Gasteiger partial charge in [0.05, 0.1) is 5.56 Å². The Bertz CT molecular complexity index is 558. The topological polar surface area (TPSA) is 70.1 Å². The zero-order valence-corrected chi connectivity index (χ0v) is 13.2. The molecule has 1 heterocycles. The van der Waals surface area contributed by atoms with E-state index in [4.69, 9.17) is 4.74 Å². The van der Waals surface area contributed by atoms with Crippen molar-refractivity contribution in [3.05, 3.63) is 29.8 Å². The first-order chi connectivity index (χ1) is 10.3. The fraction of sp³-hybridized carbons (Fsp3) is 0.500. The molecular formula is C16H22N2O4. The molecule has 0 spiro atoms. The Morgan fingerprint density at radius 3 is 2.14 bits per heavy atom. The Kier molecular flexibility index (Phi) is 4.59. The van der Waals surface area contributed by atoms with Gasteiger partial charge in [-0.2, -0.15) is 0 Å². The summed E-state index contributed by atoms with van der Waals surface area (Å²) in [7, 11) is 0. The molecule has 0 atom stereocenters. The molecule has 0 radical (unpaired) electrons. The average Bonchev–Trinajstić information content (AvgIpc) is 2.45. The summed E-state index contributed by atoms with van der Waals surface area (Å²) in [6, 6.07) is 6.47. The standard InChI is InChI=1S/C16H22N2O4/c1-16(2,3)22-15(21)18-10-8-17(9-11-18)14(20)12-6-4-5-7-13(12)19/h4-7,19H,8-11H2,1-3H3. The molecule has 0 aliphatic carbocycles. The maximum atomic E-state index is 12.4. The number of ether oxygens (including phenoxy) is 1. The predicted molar refractivity (Wildman–Crippen MR) is 81.8 cm³/mol. The number of aromatic hydroxyl groups is 1. The van der Waals surface area contributed by atoms with Crippen LogP contribution in [0.25, 0.3) is 0 Å².